The zero-order valence-electron chi connectivity index (χ0n) is 11.6. The van der Waals surface area contributed by atoms with E-state index in [1.165, 1.54) is 13.3 Å². The molecule has 6 heteroatoms. The minimum Gasteiger partial charge on any atom is -0.508 e. The molecule has 1 aromatic carbocycles. The summed E-state index contributed by atoms with van der Waals surface area (Å²) in [4.78, 5) is 16.0. The molecule has 0 bridgehead atoms. The van der Waals surface area contributed by atoms with Crippen LogP contribution in [0.3, 0.4) is 0 Å². The molecule has 0 spiro atoms. The number of carbonyl (C=O) groups is 1. The number of rotatable bonds is 5. The summed E-state index contributed by atoms with van der Waals surface area (Å²) in [5.74, 6) is 0.359. The number of anilines is 1. The van der Waals surface area contributed by atoms with E-state index < -0.39 is 6.04 Å². The van der Waals surface area contributed by atoms with Gasteiger partial charge in [-0.15, -0.1) is 0 Å². The zero-order valence-corrected chi connectivity index (χ0v) is 11.6. The first-order valence-corrected chi connectivity index (χ1v) is 6.43. The molecular weight excluding hydrogens is 270 g/mol. The van der Waals surface area contributed by atoms with Crippen molar-refractivity contribution >= 4 is 11.6 Å². The molecule has 1 amide bonds. The quantitative estimate of drug-likeness (QED) is 0.770. The minimum atomic E-state index is -0.684. The van der Waals surface area contributed by atoms with Crippen LogP contribution in [-0.4, -0.2) is 29.1 Å². The van der Waals surface area contributed by atoms with Crippen LogP contribution in [0.1, 0.15) is 5.56 Å². The van der Waals surface area contributed by atoms with Crippen LogP contribution in [0.4, 0.5) is 5.69 Å². The van der Waals surface area contributed by atoms with Crippen molar-refractivity contribution in [2.45, 2.75) is 12.5 Å². The van der Waals surface area contributed by atoms with Gasteiger partial charge in [0.25, 0.3) is 0 Å². The SMILES string of the molecule is COc1ccc(NC(=O)C(N)Cc2ccc(O)cc2)cn1. The van der Waals surface area contributed by atoms with Crippen LogP contribution < -0.4 is 15.8 Å². The van der Waals surface area contributed by atoms with E-state index in [2.05, 4.69) is 10.3 Å². The second-order valence-corrected chi connectivity index (χ2v) is 4.56. The van der Waals surface area contributed by atoms with Gasteiger partial charge in [-0.1, -0.05) is 12.1 Å². The van der Waals surface area contributed by atoms with E-state index in [0.717, 1.165) is 5.56 Å². The summed E-state index contributed by atoms with van der Waals surface area (Å²) in [5, 5.41) is 11.9. The monoisotopic (exact) mass is 287 g/mol. The number of nitrogens with two attached hydrogens (primary N) is 1. The van der Waals surface area contributed by atoms with Crippen molar-refractivity contribution in [2.24, 2.45) is 5.73 Å². The van der Waals surface area contributed by atoms with E-state index in [0.29, 0.717) is 18.0 Å². The molecule has 1 unspecified atom stereocenters. The number of amides is 1. The third-order valence-electron chi connectivity index (χ3n) is 2.94. The van der Waals surface area contributed by atoms with Gasteiger partial charge in [-0.25, -0.2) is 4.98 Å². The Morgan fingerprint density at radius 2 is 2.05 bits per heavy atom. The van der Waals surface area contributed by atoms with Crippen LogP contribution in [0, 0.1) is 0 Å². The second kappa shape index (κ2) is 6.71. The van der Waals surface area contributed by atoms with Crippen LogP contribution >= 0.6 is 0 Å². The number of hydrogen-bond acceptors (Lipinski definition) is 5. The summed E-state index contributed by atoms with van der Waals surface area (Å²) in [7, 11) is 1.52. The zero-order chi connectivity index (χ0) is 15.2. The van der Waals surface area contributed by atoms with Gasteiger partial charge in [0, 0.05) is 6.07 Å². The largest absolute Gasteiger partial charge is 0.508 e. The number of phenolic OH excluding ortho intramolecular Hbond substituents is 1. The standard InChI is InChI=1S/C15H17N3O3/c1-21-14-7-4-11(9-17-14)18-15(20)13(16)8-10-2-5-12(19)6-3-10/h2-7,9,13,19H,8,16H2,1H3,(H,18,20). The molecule has 1 heterocycles. The van der Waals surface area contributed by atoms with Crippen LogP contribution in [-0.2, 0) is 11.2 Å². The molecular formula is C15H17N3O3. The molecule has 0 aliphatic carbocycles. The summed E-state index contributed by atoms with van der Waals surface area (Å²) < 4.78 is 4.94. The average molecular weight is 287 g/mol. The first-order valence-electron chi connectivity index (χ1n) is 6.43. The summed E-state index contributed by atoms with van der Waals surface area (Å²) >= 11 is 0. The first-order chi connectivity index (χ1) is 10.1. The number of hydrogen-bond donors (Lipinski definition) is 3. The van der Waals surface area contributed by atoms with Gasteiger partial charge in [-0.2, -0.15) is 0 Å². The van der Waals surface area contributed by atoms with E-state index in [1.54, 1.807) is 36.4 Å². The Bertz CT molecular complexity index is 597. The third kappa shape index (κ3) is 4.19. The number of nitrogens with one attached hydrogen (secondary N) is 1. The fourth-order valence-corrected chi connectivity index (χ4v) is 1.79. The molecule has 2 aromatic rings. The maximum Gasteiger partial charge on any atom is 0.241 e. The molecule has 21 heavy (non-hydrogen) atoms. The lowest BCUT2D eigenvalue weighted by atomic mass is 10.1. The number of nitrogens with zero attached hydrogens (tertiary/aromatic N) is 1. The highest BCUT2D eigenvalue weighted by Crippen LogP contribution is 2.13. The summed E-state index contributed by atoms with van der Waals surface area (Å²) in [6.45, 7) is 0. The molecule has 2 rings (SSSR count). The molecule has 0 aliphatic heterocycles. The number of methoxy groups -OCH3 is 1. The number of ether oxygens (including phenoxy) is 1. The number of aromatic nitrogens is 1. The fraction of sp³-hybridized carbons (Fsp3) is 0.200. The van der Waals surface area contributed by atoms with Gasteiger partial charge in [-0.05, 0) is 30.2 Å². The normalized spacial score (nSPS) is 11.7. The predicted octanol–water partition coefficient (Wildman–Crippen LogP) is 1.30. The number of aromatic hydroxyl groups is 1. The lowest BCUT2D eigenvalue weighted by Crippen LogP contribution is -2.37. The molecule has 1 aromatic heterocycles. The lowest BCUT2D eigenvalue weighted by molar-refractivity contribution is -0.117. The molecule has 0 radical (unpaired) electrons. The number of pyridine rings is 1. The molecule has 110 valence electrons. The molecule has 0 aliphatic rings. The Morgan fingerprint density at radius 3 is 2.62 bits per heavy atom. The minimum absolute atomic E-state index is 0.182. The van der Waals surface area contributed by atoms with Crippen molar-refractivity contribution < 1.29 is 14.6 Å². The van der Waals surface area contributed by atoms with E-state index in [9.17, 15) is 9.90 Å². The highest BCUT2D eigenvalue weighted by Gasteiger charge is 2.14. The fourth-order valence-electron chi connectivity index (χ4n) is 1.79. The van der Waals surface area contributed by atoms with Crippen molar-refractivity contribution in [2.75, 3.05) is 12.4 Å². The summed E-state index contributed by atoms with van der Waals surface area (Å²) in [6.07, 6.45) is 1.89. The van der Waals surface area contributed by atoms with Crippen LogP contribution in [0.2, 0.25) is 0 Å². The summed E-state index contributed by atoms with van der Waals surface area (Å²) in [6, 6.07) is 9.25. The molecule has 0 saturated heterocycles. The molecule has 0 saturated carbocycles. The van der Waals surface area contributed by atoms with Crippen molar-refractivity contribution in [3.8, 4) is 11.6 Å². The molecule has 1 atom stereocenters. The molecule has 0 fully saturated rings. The average Bonchev–Trinajstić information content (AvgIpc) is 2.50. The number of phenols is 1. The second-order valence-electron chi connectivity index (χ2n) is 4.56. The smallest absolute Gasteiger partial charge is 0.241 e. The Balaban J connectivity index is 1.93. The molecule has 6 nitrogen and oxygen atoms in total. The number of benzene rings is 1. The van der Waals surface area contributed by atoms with Gasteiger partial charge in [0.05, 0.1) is 25.0 Å². The topological polar surface area (TPSA) is 97.5 Å². The van der Waals surface area contributed by atoms with Crippen molar-refractivity contribution in [1.82, 2.24) is 4.98 Å². The summed E-state index contributed by atoms with van der Waals surface area (Å²) in [5.41, 5.74) is 7.31. The van der Waals surface area contributed by atoms with Crippen LogP contribution in [0.5, 0.6) is 11.6 Å². The Hall–Kier alpha value is -2.60. The van der Waals surface area contributed by atoms with Gasteiger partial charge in [-0.3, -0.25) is 4.79 Å². The van der Waals surface area contributed by atoms with E-state index in [-0.39, 0.29) is 11.7 Å². The van der Waals surface area contributed by atoms with Gasteiger partial charge >= 0.3 is 0 Å². The maximum atomic E-state index is 12.0. The van der Waals surface area contributed by atoms with Gasteiger partial charge < -0.3 is 20.9 Å². The lowest BCUT2D eigenvalue weighted by Gasteiger charge is -2.12. The van der Waals surface area contributed by atoms with Gasteiger partial charge in [0.15, 0.2) is 0 Å². The highest BCUT2D eigenvalue weighted by molar-refractivity contribution is 5.94. The number of carbonyl (C=O) groups excluding carboxylic acids is 1. The van der Waals surface area contributed by atoms with E-state index >= 15 is 0 Å². The highest BCUT2D eigenvalue weighted by atomic mass is 16.5. The Morgan fingerprint density at radius 1 is 1.33 bits per heavy atom. The van der Waals surface area contributed by atoms with E-state index in [4.69, 9.17) is 10.5 Å². The third-order valence-corrected chi connectivity index (χ3v) is 2.94. The van der Waals surface area contributed by atoms with Crippen LogP contribution in [0.25, 0.3) is 0 Å². The molecule has 4 N–H and O–H groups in total. The van der Waals surface area contributed by atoms with Gasteiger partial charge in [0.2, 0.25) is 11.8 Å². The van der Waals surface area contributed by atoms with Crippen molar-refractivity contribution in [3.05, 3.63) is 48.2 Å². The Labute approximate surface area is 122 Å². The maximum absolute atomic E-state index is 12.0. The van der Waals surface area contributed by atoms with E-state index in [1.807, 2.05) is 0 Å². The predicted molar refractivity (Wildman–Crippen MR) is 79.2 cm³/mol. The van der Waals surface area contributed by atoms with Crippen molar-refractivity contribution in [3.63, 3.8) is 0 Å². The van der Waals surface area contributed by atoms with Crippen LogP contribution in [0.15, 0.2) is 42.6 Å². The Kier molecular flexibility index (Phi) is 4.73. The van der Waals surface area contributed by atoms with Crippen molar-refractivity contribution in [1.29, 1.82) is 0 Å². The van der Waals surface area contributed by atoms with Gasteiger partial charge in [0.1, 0.15) is 5.75 Å². The first kappa shape index (κ1) is 14.8.